The second-order valence-corrected chi connectivity index (χ2v) is 14.0. The molecule has 1 atom stereocenters. The SMILES string of the molecule is CCCCCCCCCCCCOC(C)c1ccc(-c2ccc(C(=O)O)c(-c3ccccc3CCCCCCCCCCCC)c2)cc1. The Morgan fingerprint density at radius 1 is 0.583 bits per heavy atom. The number of rotatable bonds is 27. The molecule has 0 bridgehead atoms. The van der Waals surface area contributed by atoms with Crippen LogP contribution in [0.15, 0.2) is 66.7 Å². The zero-order valence-electron chi connectivity index (χ0n) is 30.7. The number of carboxylic acids is 1. The maximum absolute atomic E-state index is 12.3. The molecule has 0 heterocycles. The third-order valence-electron chi connectivity index (χ3n) is 9.94. The fourth-order valence-electron chi connectivity index (χ4n) is 6.83. The van der Waals surface area contributed by atoms with Crippen LogP contribution in [0.25, 0.3) is 22.3 Å². The van der Waals surface area contributed by atoms with Crippen LogP contribution in [0.5, 0.6) is 0 Å². The molecule has 0 radical (unpaired) electrons. The summed E-state index contributed by atoms with van der Waals surface area (Å²) >= 11 is 0. The Hall–Kier alpha value is -2.91. The van der Waals surface area contributed by atoms with Gasteiger partial charge >= 0.3 is 5.97 Å². The minimum absolute atomic E-state index is 0.0558. The standard InChI is InChI=1S/C45H66O3/c1-4-6-8-10-12-14-16-18-20-22-26-40-27-23-24-28-42(40)44-36-41(33-34-43(44)45(46)47)39-31-29-38(30-32-39)37(3)48-35-25-21-19-17-15-13-11-9-7-5-2/h23-24,27-34,36-37H,4-22,25-26,35H2,1-3H3,(H,46,47). The molecule has 1 unspecified atom stereocenters. The number of aryl methyl sites for hydroxylation is 1. The number of benzene rings is 3. The van der Waals surface area contributed by atoms with Gasteiger partial charge in [0.05, 0.1) is 11.7 Å². The Morgan fingerprint density at radius 3 is 1.65 bits per heavy atom. The molecule has 0 fully saturated rings. The van der Waals surface area contributed by atoms with Crippen molar-refractivity contribution in [1.82, 2.24) is 0 Å². The lowest BCUT2D eigenvalue weighted by atomic mass is 9.90. The summed E-state index contributed by atoms with van der Waals surface area (Å²) in [6.45, 7) is 7.48. The molecule has 0 amide bonds. The average Bonchev–Trinajstić information content (AvgIpc) is 3.11. The van der Waals surface area contributed by atoms with E-state index in [-0.39, 0.29) is 6.10 Å². The van der Waals surface area contributed by atoms with Gasteiger partial charge in [-0.05, 0) is 71.7 Å². The van der Waals surface area contributed by atoms with Crippen molar-refractivity contribution in [3.05, 3.63) is 83.4 Å². The van der Waals surface area contributed by atoms with Gasteiger partial charge in [-0.25, -0.2) is 4.79 Å². The lowest BCUT2D eigenvalue weighted by Crippen LogP contribution is -2.02. The van der Waals surface area contributed by atoms with Gasteiger partial charge in [0.2, 0.25) is 0 Å². The van der Waals surface area contributed by atoms with Gasteiger partial charge in [-0.3, -0.25) is 0 Å². The Balaban J connectivity index is 1.52. The molecule has 0 saturated carbocycles. The maximum Gasteiger partial charge on any atom is 0.336 e. The number of hydrogen-bond donors (Lipinski definition) is 1. The van der Waals surface area contributed by atoms with Crippen LogP contribution < -0.4 is 0 Å². The molecule has 1 N–H and O–H groups in total. The van der Waals surface area contributed by atoms with E-state index in [0.29, 0.717) is 5.56 Å². The van der Waals surface area contributed by atoms with E-state index in [9.17, 15) is 9.90 Å². The second-order valence-electron chi connectivity index (χ2n) is 14.0. The zero-order chi connectivity index (χ0) is 34.2. The Kier molecular flexibility index (Phi) is 20.0. The van der Waals surface area contributed by atoms with E-state index >= 15 is 0 Å². The highest BCUT2D eigenvalue weighted by Gasteiger charge is 2.16. The van der Waals surface area contributed by atoms with Gasteiger partial charge in [0.25, 0.3) is 0 Å². The van der Waals surface area contributed by atoms with E-state index in [0.717, 1.165) is 48.1 Å². The fourth-order valence-corrected chi connectivity index (χ4v) is 6.83. The van der Waals surface area contributed by atoms with Crippen molar-refractivity contribution in [3.63, 3.8) is 0 Å². The molecular weight excluding hydrogens is 588 g/mol. The highest BCUT2D eigenvalue weighted by atomic mass is 16.5. The van der Waals surface area contributed by atoms with Crippen LogP contribution in [0.3, 0.4) is 0 Å². The molecule has 264 valence electrons. The number of unbranched alkanes of at least 4 members (excludes halogenated alkanes) is 18. The Labute approximate surface area is 293 Å². The lowest BCUT2D eigenvalue weighted by molar-refractivity contribution is 0.0627. The third kappa shape index (κ3) is 14.7. The molecule has 3 aromatic carbocycles. The monoisotopic (exact) mass is 655 g/mol. The molecule has 0 saturated heterocycles. The normalized spacial score (nSPS) is 12.0. The van der Waals surface area contributed by atoms with E-state index in [4.69, 9.17) is 4.74 Å². The average molecular weight is 655 g/mol. The Morgan fingerprint density at radius 2 is 1.08 bits per heavy atom. The quantitative estimate of drug-likeness (QED) is 0.0832. The summed E-state index contributed by atoms with van der Waals surface area (Å²) in [5, 5.41) is 10.1. The van der Waals surface area contributed by atoms with Gasteiger partial charge in [-0.2, -0.15) is 0 Å². The summed E-state index contributed by atoms with van der Waals surface area (Å²) in [6.07, 6.45) is 27.4. The highest BCUT2D eigenvalue weighted by molar-refractivity contribution is 5.97. The van der Waals surface area contributed by atoms with Crippen molar-refractivity contribution in [2.75, 3.05) is 6.61 Å². The number of carbonyl (C=O) groups is 1. The third-order valence-corrected chi connectivity index (χ3v) is 9.94. The minimum atomic E-state index is -0.881. The van der Waals surface area contributed by atoms with Gasteiger partial charge in [-0.15, -0.1) is 0 Å². The smallest absolute Gasteiger partial charge is 0.336 e. The topological polar surface area (TPSA) is 46.5 Å². The summed E-state index contributed by atoms with van der Waals surface area (Å²) < 4.78 is 6.19. The number of carboxylic acid groups (broad SMARTS) is 1. The van der Waals surface area contributed by atoms with Crippen LogP contribution in [0, 0.1) is 0 Å². The van der Waals surface area contributed by atoms with Crippen LogP contribution in [-0.2, 0) is 11.2 Å². The molecular formula is C45H66O3. The van der Waals surface area contributed by atoms with E-state index in [1.165, 1.54) is 127 Å². The highest BCUT2D eigenvalue weighted by Crippen LogP contribution is 2.33. The van der Waals surface area contributed by atoms with Crippen molar-refractivity contribution in [1.29, 1.82) is 0 Å². The molecule has 3 nitrogen and oxygen atoms in total. The lowest BCUT2D eigenvalue weighted by Gasteiger charge is -2.16. The minimum Gasteiger partial charge on any atom is -0.478 e. The van der Waals surface area contributed by atoms with Crippen LogP contribution >= 0.6 is 0 Å². The van der Waals surface area contributed by atoms with Crippen LogP contribution in [0.2, 0.25) is 0 Å². The summed E-state index contributed by atoms with van der Waals surface area (Å²) in [4.78, 5) is 12.3. The van der Waals surface area contributed by atoms with Gasteiger partial charge in [0.1, 0.15) is 0 Å². The predicted octanol–water partition coefficient (Wildman–Crippen LogP) is 14.2. The maximum atomic E-state index is 12.3. The van der Waals surface area contributed by atoms with E-state index in [1.54, 1.807) is 6.07 Å². The van der Waals surface area contributed by atoms with Gasteiger partial charge < -0.3 is 9.84 Å². The second kappa shape index (κ2) is 24.3. The molecule has 3 heteroatoms. The van der Waals surface area contributed by atoms with Crippen LogP contribution in [-0.4, -0.2) is 17.7 Å². The first kappa shape index (κ1) is 39.5. The van der Waals surface area contributed by atoms with Crippen LogP contribution in [0.1, 0.15) is 177 Å². The molecule has 48 heavy (non-hydrogen) atoms. The molecule has 3 rings (SSSR count). The van der Waals surface area contributed by atoms with E-state index in [2.05, 4.69) is 69.3 Å². The summed E-state index contributed by atoms with van der Waals surface area (Å²) in [5.41, 5.74) is 6.74. The zero-order valence-corrected chi connectivity index (χ0v) is 30.7. The summed E-state index contributed by atoms with van der Waals surface area (Å²) in [5.74, 6) is -0.881. The number of aromatic carboxylic acids is 1. The van der Waals surface area contributed by atoms with E-state index < -0.39 is 5.97 Å². The van der Waals surface area contributed by atoms with Crippen molar-refractivity contribution < 1.29 is 14.6 Å². The molecule has 0 aliphatic heterocycles. The first-order chi connectivity index (χ1) is 23.5. The largest absolute Gasteiger partial charge is 0.478 e. The first-order valence-corrected chi connectivity index (χ1v) is 19.7. The van der Waals surface area contributed by atoms with Crippen LogP contribution in [0.4, 0.5) is 0 Å². The van der Waals surface area contributed by atoms with Crippen molar-refractivity contribution >= 4 is 5.97 Å². The fraction of sp³-hybridized carbons (Fsp3) is 0.578. The van der Waals surface area contributed by atoms with Crippen molar-refractivity contribution in [2.45, 2.75) is 162 Å². The number of ether oxygens (including phenoxy) is 1. The first-order valence-electron chi connectivity index (χ1n) is 19.7. The molecule has 0 aliphatic carbocycles. The van der Waals surface area contributed by atoms with Gasteiger partial charge in [0.15, 0.2) is 0 Å². The van der Waals surface area contributed by atoms with Gasteiger partial charge in [0, 0.05) is 6.61 Å². The van der Waals surface area contributed by atoms with E-state index in [1.807, 2.05) is 12.1 Å². The summed E-state index contributed by atoms with van der Waals surface area (Å²) in [6, 6.07) is 22.8. The molecule has 0 aromatic heterocycles. The molecule has 3 aromatic rings. The van der Waals surface area contributed by atoms with Crippen molar-refractivity contribution in [3.8, 4) is 22.3 Å². The Bertz CT molecular complexity index is 1280. The van der Waals surface area contributed by atoms with Crippen molar-refractivity contribution in [2.24, 2.45) is 0 Å². The molecule has 0 spiro atoms. The number of hydrogen-bond acceptors (Lipinski definition) is 2. The molecule has 0 aliphatic rings. The predicted molar refractivity (Wildman–Crippen MR) is 206 cm³/mol. The summed E-state index contributed by atoms with van der Waals surface area (Å²) in [7, 11) is 0. The van der Waals surface area contributed by atoms with Gasteiger partial charge in [-0.1, -0.05) is 184 Å².